The lowest BCUT2D eigenvalue weighted by Gasteiger charge is -2.37. The van der Waals surface area contributed by atoms with Crippen molar-refractivity contribution in [2.24, 2.45) is 0 Å². The minimum Gasteiger partial charge on any atom is -0.306 e. The molecule has 0 N–H and O–H groups in total. The monoisotopic (exact) mass is 438 g/mol. The summed E-state index contributed by atoms with van der Waals surface area (Å²) in [6.45, 7) is 3.66. The number of hydrogen-bond donors (Lipinski definition) is 0. The zero-order chi connectivity index (χ0) is 19.7. The number of aromatic nitrogens is 2. The summed E-state index contributed by atoms with van der Waals surface area (Å²) in [6.07, 6.45) is 4.21. The fourth-order valence-corrected chi connectivity index (χ4v) is 5.20. The number of benzene rings is 1. The maximum atomic E-state index is 12.9. The first-order valence-corrected chi connectivity index (χ1v) is 11.4. The zero-order valence-corrected chi connectivity index (χ0v) is 18.3. The molecule has 1 fully saturated rings. The Bertz CT molecular complexity index is 925. The van der Waals surface area contributed by atoms with Crippen molar-refractivity contribution >= 4 is 35.0 Å². The topological polar surface area (TPSA) is 41.4 Å². The van der Waals surface area contributed by atoms with E-state index in [1.54, 1.807) is 11.8 Å². The molecule has 2 heterocycles. The van der Waals surface area contributed by atoms with Crippen LogP contribution in [0.5, 0.6) is 0 Å². The van der Waals surface area contributed by atoms with E-state index in [1.165, 1.54) is 5.56 Å². The van der Waals surface area contributed by atoms with E-state index >= 15 is 0 Å². The molecule has 150 valence electrons. The normalized spacial score (nSPS) is 17.6. The second kappa shape index (κ2) is 8.66. The lowest BCUT2D eigenvalue weighted by molar-refractivity contribution is 0.281. The van der Waals surface area contributed by atoms with E-state index in [-0.39, 0.29) is 5.69 Å². The predicted molar refractivity (Wildman–Crippen MR) is 117 cm³/mol. The summed E-state index contributed by atoms with van der Waals surface area (Å²) in [5.74, 6) is 0.717. The van der Waals surface area contributed by atoms with Crippen molar-refractivity contribution in [3.63, 3.8) is 0 Å². The first kappa shape index (κ1) is 20.1. The molecule has 0 spiro atoms. The van der Waals surface area contributed by atoms with Gasteiger partial charge in [-0.25, -0.2) is 9.47 Å². The van der Waals surface area contributed by atoms with E-state index in [1.807, 2.05) is 22.9 Å². The van der Waals surface area contributed by atoms with Gasteiger partial charge in [0.2, 0.25) is 0 Å². The Morgan fingerprint density at radius 3 is 2.57 bits per heavy atom. The summed E-state index contributed by atoms with van der Waals surface area (Å²) >= 11 is 13.8. The van der Waals surface area contributed by atoms with Gasteiger partial charge in [0.25, 0.3) is 0 Å². The number of likely N-dealkylation sites (N-methyl/N-ethyl adjacent to an activating group) is 1. The first-order chi connectivity index (χ1) is 13.5. The number of nitrogens with zero attached hydrogens (tertiary/aromatic N) is 4. The standard InChI is InChI=1S/C20H24Cl2N4OS/c1-24-8-10-25(11-9-24)26-18-5-3-2-4-15(18)19(23-20(26)27)28-13-14-6-7-16(21)17(22)12-14/h6-7,12H,2-5,8-11,13H2,1H3. The molecule has 0 bridgehead atoms. The molecule has 0 amide bonds. The van der Waals surface area contributed by atoms with Gasteiger partial charge in [-0.1, -0.05) is 29.3 Å². The van der Waals surface area contributed by atoms with Gasteiger partial charge in [-0.3, -0.25) is 0 Å². The van der Waals surface area contributed by atoms with E-state index < -0.39 is 0 Å². The van der Waals surface area contributed by atoms with Gasteiger partial charge < -0.3 is 9.91 Å². The van der Waals surface area contributed by atoms with E-state index in [2.05, 4.69) is 21.9 Å². The van der Waals surface area contributed by atoms with Crippen molar-refractivity contribution in [1.29, 1.82) is 0 Å². The van der Waals surface area contributed by atoms with Crippen molar-refractivity contribution in [1.82, 2.24) is 14.6 Å². The fourth-order valence-electron chi connectivity index (χ4n) is 3.86. The van der Waals surface area contributed by atoms with Crippen LogP contribution in [0.15, 0.2) is 28.0 Å². The number of piperazine rings is 1. The molecular weight excluding hydrogens is 415 g/mol. The highest BCUT2D eigenvalue weighted by atomic mass is 35.5. The largest absolute Gasteiger partial charge is 0.367 e. The number of rotatable bonds is 4. The van der Waals surface area contributed by atoms with Crippen LogP contribution in [0.2, 0.25) is 10.0 Å². The number of thioether (sulfide) groups is 1. The minimum absolute atomic E-state index is 0.151. The van der Waals surface area contributed by atoms with Crippen molar-refractivity contribution in [2.45, 2.75) is 36.5 Å². The molecule has 2 aromatic rings. The number of halogens is 2. The molecule has 28 heavy (non-hydrogen) atoms. The Labute approximate surface area is 179 Å². The van der Waals surface area contributed by atoms with Gasteiger partial charge in [0.15, 0.2) is 0 Å². The Morgan fingerprint density at radius 2 is 1.82 bits per heavy atom. The number of hydrogen-bond acceptors (Lipinski definition) is 5. The third kappa shape index (κ3) is 4.20. The zero-order valence-electron chi connectivity index (χ0n) is 16.0. The summed E-state index contributed by atoms with van der Waals surface area (Å²) in [4.78, 5) is 19.7. The highest BCUT2D eigenvalue weighted by Gasteiger charge is 2.25. The summed E-state index contributed by atoms with van der Waals surface area (Å²) in [6, 6.07) is 5.67. The summed E-state index contributed by atoms with van der Waals surface area (Å²) in [7, 11) is 2.12. The van der Waals surface area contributed by atoms with E-state index in [4.69, 9.17) is 23.2 Å². The van der Waals surface area contributed by atoms with Crippen molar-refractivity contribution < 1.29 is 0 Å². The molecular formula is C20H24Cl2N4OS. The van der Waals surface area contributed by atoms with Crippen LogP contribution in [0.1, 0.15) is 29.7 Å². The summed E-state index contributed by atoms with van der Waals surface area (Å²) in [5.41, 5.74) is 3.33. The van der Waals surface area contributed by atoms with Crippen LogP contribution in [0.25, 0.3) is 0 Å². The van der Waals surface area contributed by atoms with E-state index in [0.717, 1.165) is 68.1 Å². The van der Waals surface area contributed by atoms with Crippen molar-refractivity contribution in [3.05, 3.63) is 55.5 Å². The van der Waals surface area contributed by atoms with E-state index in [0.29, 0.717) is 15.8 Å². The predicted octanol–water partition coefficient (Wildman–Crippen LogP) is 3.60. The van der Waals surface area contributed by atoms with Crippen LogP contribution in [0.3, 0.4) is 0 Å². The Balaban J connectivity index is 1.62. The molecule has 0 atom stereocenters. The van der Waals surface area contributed by atoms with Crippen LogP contribution in [-0.2, 0) is 18.6 Å². The average Bonchev–Trinajstić information content (AvgIpc) is 2.70. The Morgan fingerprint density at radius 1 is 1.07 bits per heavy atom. The molecule has 1 saturated heterocycles. The van der Waals surface area contributed by atoms with E-state index in [9.17, 15) is 4.79 Å². The molecule has 5 nitrogen and oxygen atoms in total. The van der Waals surface area contributed by atoms with Gasteiger partial charge >= 0.3 is 5.69 Å². The maximum Gasteiger partial charge on any atom is 0.367 e. The van der Waals surface area contributed by atoms with Gasteiger partial charge in [0, 0.05) is 37.5 Å². The lowest BCUT2D eigenvalue weighted by atomic mass is 9.97. The molecule has 8 heteroatoms. The van der Waals surface area contributed by atoms with Crippen LogP contribution in [0.4, 0.5) is 0 Å². The lowest BCUT2D eigenvalue weighted by Crippen LogP contribution is -2.54. The van der Waals surface area contributed by atoms with Gasteiger partial charge in [-0.2, -0.15) is 4.98 Å². The van der Waals surface area contributed by atoms with Crippen LogP contribution >= 0.6 is 35.0 Å². The second-order valence-electron chi connectivity index (χ2n) is 7.44. The van der Waals surface area contributed by atoms with Gasteiger partial charge in [0.05, 0.1) is 15.7 Å². The summed E-state index contributed by atoms with van der Waals surface area (Å²) < 4.78 is 1.87. The Kier molecular flexibility index (Phi) is 6.21. The van der Waals surface area contributed by atoms with Crippen molar-refractivity contribution in [3.8, 4) is 0 Å². The molecule has 1 aliphatic heterocycles. The smallest absolute Gasteiger partial charge is 0.306 e. The molecule has 4 rings (SSSR count). The van der Waals surface area contributed by atoms with Crippen molar-refractivity contribution in [2.75, 3.05) is 38.2 Å². The quantitative estimate of drug-likeness (QED) is 0.538. The molecule has 1 aromatic carbocycles. The number of fused-ring (bicyclic) bond motifs is 1. The Hall–Kier alpha value is -1.21. The molecule has 0 unspecified atom stereocenters. The second-order valence-corrected chi connectivity index (χ2v) is 9.22. The van der Waals surface area contributed by atoms with Gasteiger partial charge in [0.1, 0.15) is 5.03 Å². The van der Waals surface area contributed by atoms with Gasteiger partial charge in [-0.05, 0) is 50.4 Å². The van der Waals surface area contributed by atoms with Crippen LogP contribution in [-0.4, -0.2) is 47.8 Å². The fraction of sp³-hybridized carbons (Fsp3) is 0.500. The summed E-state index contributed by atoms with van der Waals surface area (Å²) in [5, 5.41) is 4.16. The van der Waals surface area contributed by atoms with Crippen LogP contribution < -0.4 is 10.7 Å². The third-order valence-electron chi connectivity index (χ3n) is 5.45. The SMILES string of the molecule is CN1CCN(n2c3c(c(SCc4ccc(Cl)c(Cl)c4)nc2=O)CCCC3)CC1. The maximum absolute atomic E-state index is 12.9. The molecule has 0 radical (unpaired) electrons. The third-order valence-corrected chi connectivity index (χ3v) is 7.28. The molecule has 1 aromatic heterocycles. The van der Waals surface area contributed by atoms with Gasteiger partial charge in [-0.15, -0.1) is 11.8 Å². The minimum atomic E-state index is -0.151. The highest BCUT2D eigenvalue weighted by molar-refractivity contribution is 7.98. The molecule has 0 saturated carbocycles. The first-order valence-electron chi connectivity index (χ1n) is 9.68. The highest BCUT2D eigenvalue weighted by Crippen LogP contribution is 2.32. The average molecular weight is 439 g/mol. The molecule has 1 aliphatic carbocycles. The molecule has 2 aliphatic rings. The van der Waals surface area contributed by atoms with Crippen LogP contribution in [0, 0.1) is 0 Å².